The number of rotatable bonds is 6. The molecule has 0 fully saturated rings. The van der Waals surface area contributed by atoms with Crippen LogP contribution in [0.1, 0.15) is 0 Å². The highest BCUT2D eigenvalue weighted by Gasteiger charge is 2.32. The molecule has 2 amide bonds. The first kappa shape index (κ1) is 21.1. The van der Waals surface area contributed by atoms with E-state index in [9.17, 15) is 26.7 Å². The Morgan fingerprint density at radius 2 is 1.80 bits per heavy atom. The van der Waals surface area contributed by atoms with E-state index >= 15 is 0 Å². The minimum Gasteiger partial charge on any atom is -0.404 e. The van der Waals surface area contributed by atoms with E-state index in [-0.39, 0.29) is 29.7 Å². The molecule has 3 aromatic rings. The molecule has 0 aliphatic rings. The third-order valence-corrected chi connectivity index (χ3v) is 3.85. The topological polar surface area (TPSA) is 75.3 Å². The minimum atomic E-state index is -4.90. The molecule has 0 saturated heterocycles. The van der Waals surface area contributed by atoms with Crippen LogP contribution < -0.4 is 20.7 Å². The molecule has 158 valence electrons. The van der Waals surface area contributed by atoms with E-state index in [4.69, 9.17) is 0 Å². The van der Waals surface area contributed by atoms with Gasteiger partial charge < -0.3 is 20.7 Å². The standard InChI is InChI=1S/C19H15F5N4O2/c20-11-9-12-14(5-6-26-17(12)13(21)10-11)25-7-8-27-18(29)28-15-3-1-2-4-16(15)30-19(22,23)24/h1-6,9-10H,7-8H2,(H,25,26)(H2,27,28,29). The number of para-hydroxylation sites is 2. The number of hydrogen-bond acceptors (Lipinski definition) is 4. The Balaban J connectivity index is 1.56. The maximum absolute atomic E-state index is 13.8. The molecule has 11 heteroatoms. The second kappa shape index (κ2) is 8.80. The van der Waals surface area contributed by atoms with Crippen LogP contribution in [-0.4, -0.2) is 30.5 Å². The number of amides is 2. The summed E-state index contributed by atoms with van der Waals surface area (Å²) >= 11 is 0. The predicted octanol–water partition coefficient (Wildman–Crippen LogP) is 4.65. The summed E-state index contributed by atoms with van der Waals surface area (Å²) < 4.78 is 68.4. The zero-order valence-electron chi connectivity index (χ0n) is 15.2. The molecule has 0 saturated carbocycles. The maximum Gasteiger partial charge on any atom is 0.573 e. The number of benzene rings is 2. The van der Waals surface area contributed by atoms with Crippen LogP contribution in [0.25, 0.3) is 10.9 Å². The Morgan fingerprint density at radius 3 is 2.57 bits per heavy atom. The predicted molar refractivity (Wildman–Crippen MR) is 100 cm³/mol. The molecule has 3 rings (SSSR count). The SMILES string of the molecule is O=C(NCCNc1ccnc2c(F)cc(F)cc12)Nc1ccccc1OC(F)(F)F. The number of urea groups is 1. The fourth-order valence-electron chi connectivity index (χ4n) is 2.66. The highest BCUT2D eigenvalue weighted by molar-refractivity contribution is 5.92. The first-order chi connectivity index (χ1) is 14.2. The molecule has 0 spiro atoms. The van der Waals surface area contributed by atoms with Gasteiger partial charge in [0.2, 0.25) is 0 Å². The van der Waals surface area contributed by atoms with E-state index in [0.717, 1.165) is 18.2 Å². The maximum atomic E-state index is 13.8. The van der Waals surface area contributed by atoms with Gasteiger partial charge in [0, 0.05) is 36.4 Å². The number of fused-ring (bicyclic) bond motifs is 1. The largest absolute Gasteiger partial charge is 0.573 e. The zero-order chi connectivity index (χ0) is 21.7. The van der Waals surface area contributed by atoms with Crippen molar-refractivity contribution in [2.24, 2.45) is 0 Å². The molecule has 2 aromatic carbocycles. The number of hydrogen-bond donors (Lipinski definition) is 3. The first-order valence-electron chi connectivity index (χ1n) is 8.60. The monoisotopic (exact) mass is 426 g/mol. The number of nitrogens with one attached hydrogen (secondary N) is 3. The third-order valence-electron chi connectivity index (χ3n) is 3.85. The van der Waals surface area contributed by atoms with Crippen molar-refractivity contribution in [2.45, 2.75) is 6.36 Å². The summed E-state index contributed by atoms with van der Waals surface area (Å²) in [6.07, 6.45) is -3.55. The van der Waals surface area contributed by atoms with Crippen molar-refractivity contribution >= 4 is 28.3 Å². The lowest BCUT2D eigenvalue weighted by atomic mass is 10.1. The minimum absolute atomic E-state index is 0.00614. The van der Waals surface area contributed by atoms with Gasteiger partial charge in [0.15, 0.2) is 11.6 Å². The summed E-state index contributed by atoms with van der Waals surface area (Å²) in [6, 6.07) is 7.71. The fraction of sp³-hybridized carbons (Fsp3) is 0.158. The van der Waals surface area contributed by atoms with Crippen molar-refractivity contribution in [3.05, 3.63) is 60.3 Å². The summed E-state index contributed by atoms with van der Waals surface area (Å²) in [7, 11) is 0. The molecule has 0 unspecified atom stereocenters. The van der Waals surface area contributed by atoms with Gasteiger partial charge in [-0.3, -0.25) is 4.98 Å². The van der Waals surface area contributed by atoms with E-state index in [1.807, 2.05) is 0 Å². The van der Waals surface area contributed by atoms with Crippen molar-refractivity contribution in [1.82, 2.24) is 10.3 Å². The van der Waals surface area contributed by atoms with Gasteiger partial charge in [0.25, 0.3) is 0 Å². The van der Waals surface area contributed by atoms with Gasteiger partial charge >= 0.3 is 12.4 Å². The Kier molecular flexibility index (Phi) is 6.19. The lowest BCUT2D eigenvalue weighted by molar-refractivity contribution is -0.274. The molecular weight excluding hydrogens is 411 g/mol. The number of carbonyl (C=O) groups is 1. The van der Waals surface area contributed by atoms with Gasteiger partial charge in [0.05, 0.1) is 5.69 Å². The van der Waals surface area contributed by atoms with Crippen LogP contribution in [-0.2, 0) is 0 Å². The Morgan fingerprint density at radius 1 is 1.03 bits per heavy atom. The van der Waals surface area contributed by atoms with E-state index < -0.39 is 29.8 Å². The van der Waals surface area contributed by atoms with Crippen LogP contribution in [0, 0.1) is 11.6 Å². The van der Waals surface area contributed by atoms with Gasteiger partial charge in [-0.15, -0.1) is 13.2 Å². The van der Waals surface area contributed by atoms with Crippen LogP contribution in [0.4, 0.5) is 38.1 Å². The number of aromatic nitrogens is 1. The second-order valence-corrected chi connectivity index (χ2v) is 5.99. The van der Waals surface area contributed by atoms with Gasteiger partial charge in [-0.05, 0) is 24.3 Å². The first-order valence-corrected chi connectivity index (χ1v) is 8.60. The molecule has 0 aliphatic heterocycles. The second-order valence-electron chi connectivity index (χ2n) is 5.99. The molecule has 1 aromatic heterocycles. The molecule has 0 radical (unpaired) electrons. The van der Waals surface area contributed by atoms with E-state index in [1.54, 1.807) is 0 Å². The highest BCUT2D eigenvalue weighted by Crippen LogP contribution is 2.29. The Hall–Kier alpha value is -3.63. The van der Waals surface area contributed by atoms with Crippen molar-refractivity contribution < 1.29 is 31.5 Å². The normalized spacial score (nSPS) is 11.2. The molecule has 0 atom stereocenters. The fourth-order valence-corrected chi connectivity index (χ4v) is 2.66. The van der Waals surface area contributed by atoms with Crippen molar-refractivity contribution in [1.29, 1.82) is 0 Å². The van der Waals surface area contributed by atoms with Crippen LogP contribution >= 0.6 is 0 Å². The molecule has 0 bridgehead atoms. The Bertz CT molecular complexity index is 1060. The smallest absolute Gasteiger partial charge is 0.404 e. The summed E-state index contributed by atoms with van der Waals surface area (Å²) in [5.74, 6) is -2.11. The van der Waals surface area contributed by atoms with Crippen molar-refractivity contribution in [2.75, 3.05) is 23.7 Å². The molecule has 6 nitrogen and oxygen atoms in total. The van der Waals surface area contributed by atoms with E-state index in [0.29, 0.717) is 5.69 Å². The van der Waals surface area contributed by atoms with Crippen LogP contribution in [0.15, 0.2) is 48.7 Å². The van der Waals surface area contributed by atoms with Gasteiger partial charge in [-0.25, -0.2) is 13.6 Å². The average molecular weight is 426 g/mol. The van der Waals surface area contributed by atoms with Crippen LogP contribution in [0.3, 0.4) is 0 Å². The summed E-state index contributed by atoms with van der Waals surface area (Å²) in [4.78, 5) is 15.8. The Labute approximate surface area is 167 Å². The lowest BCUT2D eigenvalue weighted by Gasteiger charge is -2.14. The van der Waals surface area contributed by atoms with Crippen LogP contribution in [0.5, 0.6) is 5.75 Å². The molecule has 0 aliphatic carbocycles. The summed E-state index contributed by atoms with van der Waals surface area (Å²) in [6.45, 7) is 0.237. The van der Waals surface area contributed by atoms with Crippen molar-refractivity contribution in [3.63, 3.8) is 0 Å². The van der Waals surface area contributed by atoms with Crippen molar-refractivity contribution in [3.8, 4) is 5.75 Å². The zero-order valence-corrected chi connectivity index (χ0v) is 15.2. The molecule has 30 heavy (non-hydrogen) atoms. The average Bonchev–Trinajstić information content (AvgIpc) is 2.66. The molecule has 3 N–H and O–H groups in total. The lowest BCUT2D eigenvalue weighted by Crippen LogP contribution is -2.33. The number of carbonyl (C=O) groups excluding carboxylic acids is 1. The van der Waals surface area contributed by atoms with Crippen LogP contribution in [0.2, 0.25) is 0 Å². The highest BCUT2D eigenvalue weighted by atomic mass is 19.4. The third kappa shape index (κ3) is 5.46. The van der Waals surface area contributed by atoms with E-state index in [2.05, 4.69) is 25.7 Å². The number of pyridine rings is 1. The number of halogens is 5. The van der Waals surface area contributed by atoms with Gasteiger partial charge in [-0.2, -0.15) is 0 Å². The number of alkyl halides is 3. The summed E-state index contributed by atoms with van der Waals surface area (Å²) in [5.41, 5.74) is 0.240. The number of ether oxygens (including phenoxy) is 1. The molecule has 1 heterocycles. The van der Waals surface area contributed by atoms with Gasteiger partial charge in [0.1, 0.15) is 11.3 Å². The van der Waals surface area contributed by atoms with E-state index in [1.165, 1.54) is 30.5 Å². The number of nitrogens with zero attached hydrogens (tertiary/aromatic N) is 1. The molecular formula is C19H15F5N4O2. The number of anilines is 2. The summed E-state index contributed by atoms with van der Waals surface area (Å²) in [5, 5.41) is 7.86. The quantitative estimate of drug-likeness (QED) is 0.396. The van der Waals surface area contributed by atoms with Gasteiger partial charge in [-0.1, -0.05) is 12.1 Å².